The summed E-state index contributed by atoms with van der Waals surface area (Å²) in [5, 5.41) is 8.00. The molecule has 144 valence electrons. The van der Waals surface area contributed by atoms with Gasteiger partial charge in [-0.3, -0.25) is 4.79 Å². The first kappa shape index (κ1) is 20.3. The first-order valence-electron chi connectivity index (χ1n) is 8.42. The van der Waals surface area contributed by atoms with E-state index in [0.717, 1.165) is 23.3 Å². The predicted molar refractivity (Wildman–Crippen MR) is 98.9 cm³/mol. The van der Waals surface area contributed by atoms with E-state index in [1.165, 1.54) is 0 Å². The van der Waals surface area contributed by atoms with Crippen LogP contribution >= 0.6 is 0 Å². The van der Waals surface area contributed by atoms with Crippen LogP contribution in [-0.2, 0) is 11.3 Å². The molecule has 0 radical (unpaired) electrons. The van der Waals surface area contributed by atoms with Gasteiger partial charge in [-0.05, 0) is 37.1 Å². The number of halogens is 3. The molecule has 0 bridgehead atoms. The number of nitrogens with zero attached hydrogens (tertiary/aromatic N) is 1. The molecule has 0 heterocycles. The van der Waals surface area contributed by atoms with Gasteiger partial charge in [-0.15, -0.1) is 0 Å². The Kier molecular flexibility index (Phi) is 7.22. The number of rotatable bonds is 6. The molecule has 2 aromatic carbocycles. The van der Waals surface area contributed by atoms with Crippen molar-refractivity contribution in [2.24, 2.45) is 4.99 Å². The Bertz CT molecular complexity index is 840. The fraction of sp³-hybridized carbons (Fsp3) is 0.263. The SMILES string of the molecule is CCNC(=NCc1ccccc1C)NCC(=O)Nc1ccc(F)c(F)c1F. The molecule has 2 aromatic rings. The summed E-state index contributed by atoms with van der Waals surface area (Å²) in [5.41, 5.74) is 1.72. The number of benzene rings is 2. The Labute approximate surface area is 155 Å². The third-order valence-electron chi connectivity index (χ3n) is 3.74. The maximum Gasteiger partial charge on any atom is 0.243 e. The minimum atomic E-state index is -1.63. The number of nitrogens with one attached hydrogen (secondary N) is 3. The molecule has 0 aliphatic heterocycles. The lowest BCUT2D eigenvalue weighted by atomic mass is 10.1. The highest BCUT2D eigenvalue weighted by atomic mass is 19.2. The van der Waals surface area contributed by atoms with Gasteiger partial charge >= 0.3 is 0 Å². The molecular weight excluding hydrogens is 357 g/mol. The number of anilines is 1. The molecule has 2 rings (SSSR count). The fourth-order valence-electron chi connectivity index (χ4n) is 2.27. The predicted octanol–water partition coefficient (Wildman–Crippen LogP) is 3.11. The monoisotopic (exact) mass is 378 g/mol. The third-order valence-corrected chi connectivity index (χ3v) is 3.74. The Morgan fingerprint density at radius 3 is 2.48 bits per heavy atom. The minimum absolute atomic E-state index is 0.224. The van der Waals surface area contributed by atoms with Gasteiger partial charge in [0.15, 0.2) is 23.4 Å². The van der Waals surface area contributed by atoms with Crippen molar-refractivity contribution in [1.82, 2.24) is 10.6 Å². The van der Waals surface area contributed by atoms with Gasteiger partial charge < -0.3 is 16.0 Å². The summed E-state index contributed by atoms with van der Waals surface area (Å²) < 4.78 is 39.7. The zero-order valence-electron chi connectivity index (χ0n) is 15.1. The van der Waals surface area contributed by atoms with Crippen LogP contribution in [0.25, 0.3) is 0 Å². The molecule has 3 N–H and O–H groups in total. The van der Waals surface area contributed by atoms with Crippen LogP contribution in [0.15, 0.2) is 41.4 Å². The molecule has 0 aliphatic carbocycles. The molecule has 5 nitrogen and oxygen atoms in total. The average Bonchev–Trinajstić information content (AvgIpc) is 2.65. The molecule has 0 aliphatic rings. The molecular formula is C19H21F3N4O. The maximum absolute atomic E-state index is 13.6. The molecule has 0 unspecified atom stereocenters. The third kappa shape index (κ3) is 5.73. The summed E-state index contributed by atoms with van der Waals surface area (Å²) in [7, 11) is 0. The van der Waals surface area contributed by atoms with E-state index in [1.807, 2.05) is 38.1 Å². The summed E-state index contributed by atoms with van der Waals surface area (Å²) in [4.78, 5) is 16.4. The van der Waals surface area contributed by atoms with Crippen LogP contribution in [0.4, 0.5) is 18.9 Å². The number of hydrogen-bond donors (Lipinski definition) is 3. The topological polar surface area (TPSA) is 65.5 Å². The smallest absolute Gasteiger partial charge is 0.243 e. The van der Waals surface area contributed by atoms with Crippen LogP contribution in [0.5, 0.6) is 0 Å². The summed E-state index contributed by atoms with van der Waals surface area (Å²) >= 11 is 0. The summed E-state index contributed by atoms with van der Waals surface area (Å²) in [6, 6.07) is 9.50. The summed E-state index contributed by atoms with van der Waals surface area (Å²) in [6.07, 6.45) is 0. The summed E-state index contributed by atoms with van der Waals surface area (Å²) in [5.74, 6) is -4.61. The second-order valence-electron chi connectivity index (χ2n) is 5.75. The van der Waals surface area contributed by atoms with Crippen LogP contribution in [0.1, 0.15) is 18.1 Å². The zero-order chi connectivity index (χ0) is 19.8. The Hall–Kier alpha value is -3.03. The lowest BCUT2D eigenvalue weighted by molar-refractivity contribution is -0.115. The van der Waals surface area contributed by atoms with E-state index in [0.29, 0.717) is 19.0 Å². The van der Waals surface area contributed by atoms with E-state index >= 15 is 0 Å². The number of aliphatic imine (C=N–C) groups is 1. The molecule has 0 fully saturated rings. The number of aryl methyl sites for hydroxylation is 1. The van der Waals surface area contributed by atoms with Crippen LogP contribution < -0.4 is 16.0 Å². The van der Waals surface area contributed by atoms with Gasteiger partial charge in [0.2, 0.25) is 5.91 Å². The molecule has 27 heavy (non-hydrogen) atoms. The van der Waals surface area contributed by atoms with E-state index in [4.69, 9.17) is 0 Å². The fourth-order valence-corrected chi connectivity index (χ4v) is 2.27. The minimum Gasteiger partial charge on any atom is -0.357 e. The molecule has 0 saturated heterocycles. The van der Waals surface area contributed by atoms with E-state index in [-0.39, 0.29) is 6.54 Å². The van der Waals surface area contributed by atoms with E-state index in [1.54, 1.807) is 0 Å². The van der Waals surface area contributed by atoms with E-state index in [2.05, 4.69) is 20.9 Å². The van der Waals surface area contributed by atoms with Crippen LogP contribution in [0, 0.1) is 24.4 Å². The molecule has 0 aromatic heterocycles. The Morgan fingerprint density at radius 2 is 1.78 bits per heavy atom. The quantitative estimate of drug-likeness (QED) is 0.411. The molecule has 0 atom stereocenters. The lowest BCUT2D eigenvalue weighted by Crippen LogP contribution is -2.41. The highest BCUT2D eigenvalue weighted by Crippen LogP contribution is 2.19. The van der Waals surface area contributed by atoms with Crippen molar-refractivity contribution in [3.63, 3.8) is 0 Å². The van der Waals surface area contributed by atoms with Crippen LogP contribution in [-0.4, -0.2) is 25.0 Å². The van der Waals surface area contributed by atoms with Crippen molar-refractivity contribution in [2.75, 3.05) is 18.4 Å². The second-order valence-corrected chi connectivity index (χ2v) is 5.75. The molecule has 8 heteroatoms. The van der Waals surface area contributed by atoms with E-state index in [9.17, 15) is 18.0 Å². The lowest BCUT2D eigenvalue weighted by Gasteiger charge is -2.12. The van der Waals surface area contributed by atoms with Crippen molar-refractivity contribution in [3.05, 3.63) is 65.0 Å². The Balaban J connectivity index is 1.97. The maximum atomic E-state index is 13.6. The highest BCUT2D eigenvalue weighted by Gasteiger charge is 2.15. The van der Waals surface area contributed by atoms with Crippen LogP contribution in [0.2, 0.25) is 0 Å². The van der Waals surface area contributed by atoms with Gasteiger partial charge in [-0.2, -0.15) is 0 Å². The second kappa shape index (κ2) is 9.61. The van der Waals surface area contributed by atoms with Crippen LogP contribution in [0.3, 0.4) is 0 Å². The van der Waals surface area contributed by atoms with Crippen molar-refractivity contribution >= 4 is 17.6 Å². The largest absolute Gasteiger partial charge is 0.357 e. The van der Waals surface area contributed by atoms with Crippen molar-refractivity contribution in [3.8, 4) is 0 Å². The normalized spacial score (nSPS) is 11.2. The number of hydrogen-bond acceptors (Lipinski definition) is 2. The van der Waals surface area contributed by atoms with Gasteiger partial charge in [-0.25, -0.2) is 18.2 Å². The first-order valence-corrected chi connectivity index (χ1v) is 8.42. The number of carbonyl (C=O) groups excluding carboxylic acids is 1. The average molecular weight is 378 g/mol. The number of carbonyl (C=O) groups is 1. The molecule has 1 amide bonds. The van der Waals surface area contributed by atoms with Gasteiger partial charge in [0, 0.05) is 6.54 Å². The molecule has 0 spiro atoms. The molecule has 0 saturated carbocycles. The van der Waals surface area contributed by atoms with Gasteiger partial charge in [-0.1, -0.05) is 24.3 Å². The number of guanidine groups is 1. The number of amides is 1. The van der Waals surface area contributed by atoms with Gasteiger partial charge in [0.05, 0.1) is 18.8 Å². The van der Waals surface area contributed by atoms with Gasteiger partial charge in [0.1, 0.15) is 0 Å². The zero-order valence-corrected chi connectivity index (χ0v) is 15.1. The highest BCUT2D eigenvalue weighted by molar-refractivity contribution is 5.95. The van der Waals surface area contributed by atoms with Gasteiger partial charge in [0.25, 0.3) is 0 Å². The van der Waals surface area contributed by atoms with Crippen molar-refractivity contribution in [2.45, 2.75) is 20.4 Å². The Morgan fingerprint density at radius 1 is 1.04 bits per heavy atom. The van der Waals surface area contributed by atoms with E-state index < -0.39 is 29.0 Å². The first-order chi connectivity index (χ1) is 12.9. The standard InChI is InChI=1S/C19H21F3N4O/c1-3-23-19(24-10-13-7-5-4-6-12(13)2)25-11-16(27)26-15-9-8-14(20)17(21)18(15)22/h4-9H,3,10-11H2,1-2H3,(H,26,27)(H2,23,24,25). The van der Waals surface area contributed by atoms with Crippen molar-refractivity contribution in [1.29, 1.82) is 0 Å². The summed E-state index contributed by atoms with van der Waals surface area (Å²) in [6.45, 7) is 4.63. The van der Waals surface area contributed by atoms with Crippen molar-refractivity contribution < 1.29 is 18.0 Å².